The van der Waals surface area contributed by atoms with Crippen molar-refractivity contribution in [2.75, 3.05) is 11.9 Å². The van der Waals surface area contributed by atoms with Gasteiger partial charge in [-0.15, -0.1) is 0 Å². The highest BCUT2D eigenvalue weighted by Crippen LogP contribution is 2.11. The molecule has 0 aromatic heterocycles. The normalized spacial score (nSPS) is 19.5. The number of imide groups is 1. The van der Waals surface area contributed by atoms with E-state index in [9.17, 15) is 19.2 Å². The number of hydrogen-bond acceptors (Lipinski definition) is 4. The second kappa shape index (κ2) is 6.30. The zero-order chi connectivity index (χ0) is 17.0. The Bertz CT molecular complexity index is 683. The van der Waals surface area contributed by atoms with E-state index in [0.717, 1.165) is 6.08 Å². The minimum absolute atomic E-state index is 0.0433. The first-order valence-electron chi connectivity index (χ1n) is 6.79. The summed E-state index contributed by atoms with van der Waals surface area (Å²) in [6, 6.07) is 5.62. The van der Waals surface area contributed by atoms with Gasteiger partial charge in [-0.25, -0.2) is 4.79 Å². The molecule has 1 aliphatic rings. The van der Waals surface area contributed by atoms with Crippen molar-refractivity contribution in [3.63, 3.8) is 0 Å². The van der Waals surface area contributed by atoms with Gasteiger partial charge in [-0.3, -0.25) is 19.7 Å². The van der Waals surface area contributed by atoms with Crippen molar-refractivity contribution in [1.82, 2.24) is 16.0 Å². The molecule has 8 nitrogen and oxygen atoms in total. The van der Waals surface area contributed by atoms with E-state index in [4.69, 9.17) is 0 Å². The van der Waals surface area contributed by atoms with Crippen molar-refractivity contribution < 1.29 is 19.2 Å². The molecule has 1 aromatic carbocycles. The Morgan fingerprint density at radius 2 is 1.91 bits per heavy atom. The first kappa shape index (κ1) is 16.2. The predicted octanol–water partition coefficient (Wildman–Crippen LogP) is 0.139. The number of carbonyl (C=O) groups excluding carboxylic acids is 4. The maximum Gasteiger partial charge on any atom is 0.322 e. The van der Waals surface area contributed by atoms with Gasteiger partial charge >= 0.3 is 6.03 Å². The maximum atomic E-state index is 12.1. The molecule has 1 saturated heterocycles. The van der Waals surface area contributed by atoms with Crippen LogP contribution >= 0.6 is 0 Å². The van der Waals surface area contributed by atoms with Crippen LogP contribution in [-0.4, -0.2) is 35.8 Å². The zero-order valence-electron chi connectivity index (χ0n) is 12.4. The van der Waals surface area contributed by atoms with Crippen LogP contribution in [0, 0.1) is 0 Å². The number of hydrogen-bond donors (Lipinski definition) is 4. The van der Waals surface area contributed by atoms with Gasteiger partial charge in [0.2, 0.25) is 5.91 Å². The Morgan fingerprint density at radius 1 is 1.26 bits per heavy atom. The third-order valence-electron chi connectivity index (χ3n) is 3.32. The molecule has 0 bridgehead atoms. The van der Waals surface area contributed by atoms with Crippen LogP contribution in [0.25, 0.3) is 0 Å². The van der Waals surface area contributed by atoms with E-state index in [2.05, 4.69) is 27.8 Å². The van der Waals surface area contributed by atoms with Crippen molar-refractivity contribution in [2.45, 2.75) is 12.5 Å². The molecule has 1 fully saturated rings. The van der Waals surface area contributed by atoms with E-state index < -0.39 is 23.4 Å². The second-order valence-corrected chi connectivity index (χ2v) is 5.19. The number of urea groups is 1. The molecule has 0 aliphatic carbocycles. The minimum atomic E-state index is -1.18. The molecule has 1 aromatic rings. The van der Waals surface area contributed by atoms with Gasteiger partial charge in [-0.2, -0.15) is 0 Å². The van der Waals surface area contributed by atoms with Crippen LogP contribution in [0.5, 0.6) is 0 Å². The van der Waals surface area contributed by atoms with Gasteiger partial charge in [0.15, 0.2) is 0 Å². The van der Waals surface area contributed by atoms with Crippen molar-refractivity contribution in [1.29, 1.82) is 0 Å². The van der Waals surface area contributed by atoms with Crippen LogP contribution in [0.3, 0.4) is 0 Å². The molecule has 23 heavy (non-hydrogen) atoms. The number of amides is 5. The monoisotopic (exact) mass is 316 g/mol. The zero-order valence-corrected chi connectivity index (χ0v) is 12.4. The van der Waals surface area contributed by atoms with E-state index in [1.807, 2.05) is 0 Å². The van der Waals surface area contributed by atoms with Gasteiger partial charge in [-0.05, 0) is 37.3 Å². The topological polar surface area (TPSA) is 116 Å². The second-order valence-electron chi connectivity index (χ2n) is 5.19. The summed E-state index contributed by atoms with van der Waals surface area (Å²) in [6.45, 7) is 4.82. The highest BCUT2D eigenvalue weighted by Gasteiger charge is 2.42. The van der Waals surface area contributed by atoms with E-state index >= 15 is 0 Å². The van der Waals surface area contributed by atoms with E-state index in [1.54, 1.807) is 12.1 Å². The number of nitrogens with one attached hydrogen (secondary N) is 4. The van der Waals surface area contributed by atoms with E-state index in [-0.39, 0.29) is 12.5 Å². The number of carbonyl (C=O) groups is 4. The number of anilines is 1. The first-order valence-corrected chi connectivity index (χ1v) is 6.79. The molecule has 1 aliphatic heterocycles. The summed E-state index contributed by atoms with van der Waals surface area (Å²) in [5.74, 6) is -1.25. The fraction of sp³-hybridized carbons (Fsp3) is 0.200. The third kappa shape index (κ3) is 3.73. The maximum absolute atomic E-state index is 12.1. The Balaban J connectivity index is 1.96. The number of benzene rings is 1. The molecule has 2 rings (SSSR count). The molecular formula is C15H16N4O4. The molecule has 0 saturated carbocycles. The molecule has 1 heterocycles. The molecule has 0 spiro atoms. The van der Waals surface area contributed by atoms with Gasteiger partial charge in [0, 0.05) is 17.8 Å². The third-order valence-corrected chi connectivity index (χ3v) is 3.32. The average molecular weight is 316 g/mol. The van der Waals surface area contributed by atoms with Crippen LogP contribution < -0.4 is 21.3 Å². The summed E-state index contributed by atoms with van der Waals surface area (Å²) in [4.78, 5) is 46.0. The van der Waals surface area contributed by atoms with Crippen molar-refractivity contribution in [2.24, 2.45) is 0 Å². The van der Waals surface area contributed by atoms with Crippen LogP contribution in [-0.2, 0) is 9.59 Å². The van der Waals surface area contributed by atoms with Crippen LogP contribution in [0.1, 0.15) is 17.3 Å². The van der Waals surface area contributed by atoms with Gasteiger partial charge in [0.05, 0.1) is 0 Å². The van der Waals surface area contributed by atoms with Gasteiger partial charge in [-0.1, -0.05) is 6.58 Å². The van der Waals surface area contributed by atoms with Gasteiger partial charge < -0.3 is 16.0 Å². The predicted molar refractivity (Wildman–Crippen MR) is 82.7 cm³/mol. The van der Waals surface area contributed by atoms with Gasteiger partial charge in [0.1, 0.15) is 5.54 Å². The van der Waals surface area contributed by atoms with Crippen molar-refractivity contribution in [3.05, 3.63) is 42.5 Å². The highest BCUT2D eigenvalue weighted by molar-refractivity contribution is 6.07. The molecular weight excluding hydrogens is 300 g/mol. The summed E-state index contributed by atoms with van der Waals surface area (Å²) < 4.78 is 0. The molecule has 5 amide bonds. The Kier molecular flexibility index (Phi) is 4.44. The largest absolute Gasteiger partial charge is 0.349 e. The quantitative estimate of drug-likeness (QED) is 0.456. The lowest BCUT2D eigenvalue weighted by molar-refractivity contribution is -0.123. The highest BCUT2D eigenvalue weighted by atomic mass is 16.2. The Morgan fingerprint density at radius 3 is 2.43 bits per heavy atom. The van der Waals surface area contributed by atoms with E-state index in [1.165, 1.54) is 19.1 Å². The molecule has 1 unspecified atom stereocenters. The summed E-state index contributed by atoms with van der Waals surface area (Å²) in [6.07, 6.45) is 1.14. The summed E-state index contributed by atoms with van der Waals surface area (Å²) in [5.41, 5.74) is -0.291. The average Bonchev–Trinajstić information content (AvgIpc) is 2.78. The van der Waals surface area contributed by atoms with Crippen molar-refractivity contribution >= 4 is 29.4 Å². The smallest absolute Gasteiger partial charge is 0.322 e. The fourth-order valence-corrected chi connectivity index (χ4v) is 1.96. The van der Waals surface area contributed by atoms with Gasteiger partial charge in [0.25, 0.3) is 11.8 Å². The molecule has 8 heteroatoms. The molecule has 0 radical (unpaired) electrons. The Hall–Kier alpha value is -3.16. The summed E-state index contributed by atoms with van der Waals surface area (Å²) in [7, 11) is 0. The van der Waals surface area contributed by atoms with Crippen molar-refractivity contribution in [3.8, 4) is 0 Å². The lowest BCUT2D eigenvalue weighted by Gasteiger charge is -2.20. The SMILES string of the molecule is C=CC(=O)Nc1ccc(C(=O)NCC2(C)NC(=O)NC2=O)cc1. The standard InChI is InChI=1S/C15H16N4O4/c1-3-11(20)17-10-6-4-9(5-7-10)12(21)16-8-15(2)13(22)18-14(23)19-15/h3-7H,1,8H2,2H3,(H,16,21)(H,17,20)(H2,18,19,22,23). The van der Waals surface area contributed by atoms with E-state index in [0.29, 0.717) is 11.3 Å². The van der Waals surface area contributed by atoms with Crippen LogP contribution in [0.15, 0.2) is 36.9 Å². The number of rotatable bonds is 5. The summed E-state index contributed by atoms with van der Waals surface area (Å²) in [5, 5.41) is 9.71. The lowest BCUT2D eigenvalue weighted by Crippen LogP contribution is -2.52. The first-order chi connectivity index (χ1) is 10.8. The van der Waals surface area contributed by atoms with Crippen LogP contribution in [0.2, 0.25) is 0 Å². The Labute approximate surface area is 132 Å². The lowest BCUT2D eigenvalue weighted by atomic mass is 10.0. The van der Waals surface area contributed by atoms with Crippen LogP contribution in [0.4, 0.5) is 10.5 Å². The molecule has 1 atom stereocenters. The molecule has 4 N–H and O–H groups in total. The minimum Gasteiger partial charge on any atom is -0.349 e. The summed E-state index contributed by atoms with van der Waals surface area (Å²) >= 11 is 0. The fourth-order valence-electron chi connectivity index (χ4n) is 1.96. The molecule has 120 valence electrons.